The van der Waals surface area contributed by atoms with Crippen molar-refractivity contribution in [1.82, 2.24) is 0 Å². The highest BCUT2D eigenvalue weighted by molar-refractivity contribution is 6.30. The Kier molecular flexibility index (Phi) is 3.00. The van der Waals surface area contributed by atoms with Gasteiger partial charge in [-0.05, 0) is 48.7 Å². The minimum Gasteiger partial charge on any atom is -0.364 e. The highest BCUT2D eigenvalue weighted by Crippen LogP contribution is 2.34. The van der Waals surface area contributed by atoms with Crippen molar-refractivity contribution in [3.63, 3.8) is 0 Å². The summed E-state index contributed by atoms with van der Waals surface area (Å²) in [5.41, 5.74) is 4.08. The van der Waals surface area contributed by atoms with E-state index < -0.39 is 0 Å². The fourth-order valence-corrected chi connectivity index (χ4v) is 2.94. The molecule has 1 unspecified atom stereocenters. The van der Waals surface area contributed by atoms with Gasteiger partial charge in [-0.15, -0.1) is 0 Å². The summed E-state index contributed by atoms with van der Waals surface area (Å²) < 4.78 is 0. The van der Waals surface area contributed by atoms with Crippen LogP contribution in [0.25, 0.3) is 0 Å². The van der Waals surface area contributed by atoms with Crippen LogP contribution in [-0.4, -0.2) is 6.54 Å². The number of benzene rings is 2. The third-order valence-electron chi connectivity index (χ3n) is 3.74. The molecule has 2 aromatic rings. The summed E-state index contributed by atoms with van der Waals surface area (Å²) in [6, 6.07) is 17.2. The van der Waals surface area contributed by atoms with E-state index in [9.17, 15) is 0 Å². The van der Waals surface area contributed by atoms with Crippen LogP contribution < -0.4 is 4.90 Å². The summed E-state index contributed by atoms with van der Waals surface area (Å²) in [6.45, 7) is 3.32. The Hall–Kier alpha value is -1.47. The van der Waals surface area contributed by atoms with E-state index >= 15 is 0 Å². The third-order valence-corrected chi connectivity index (χ3v) is 3.97. The molecule has 0 radical (unpaired) electrons. The fraction of sp³-hybridized carbons (Fsp3) is 0.250. The zero-order valence-corrected chi connectivity index (χ0v) is 11.2. The summed E-state index contributed by atoms with van der Waals surface area (Å²) in [7, 11) is 0. The second kappa shape index (κ2) is 4.66. The largest absolute Gasteiger partial charge is 0.364 e. The summed E-state index contributed by atoms with van der Waals surface area (Å²) in [6.07, 6.45) is 1.09. The Balaban J connectivity index is 1.99. The number of hydrogen-bond acceptors (Lipinski definition) is 1. The number of rotatable bonds is 1. The van der Waals surface area contributed by atoms with Crippen LogP contribution in [-0.2, 0) is 6.42 Å². The molecule has 0 fully saturated rings. The van der Waals surface area contributed by atoms with Gasteiger partial charge in [0, 0.05) is 17.3 Å². The summed E-state index contributed by atoms with van der Waals surface area (Å²) in [4.78, 5) is 2.44. The lowest BCUT2D eigenvalue weighted by molar-refractivity contribution is 0.625. The Morgan fingerprint density at radius 3 is 2.67 bits per heavy atom. The summed E-state index contributed by atoms with van der Waals surface area (Å²) >= 11 is 6.12. The molecule has 1 nitrogen and oxygen atoms in total. The molecule has 0 N–H and O–H groups in total. The van der Waals surface area contributed by atoms with Crippen LogP contribution >= 0.6 is 11.6 Å². The molecule has 0 aromatic heterocycles. The predicted molar refractivity (Wildman–Crippen MR) is 77.4 cm³/mol. The van der Waals surface area contributed by atoms with Gasteiger partial charge in [-0.25, -0.2) is 0 Å². The average Bonchev–Trinajstić information content (AvgIpc) is 2.41. The van der Waals surface area contributed by atoms with Crippen LogP contribution in [0, 0.1) is 0 Å². The lowest BCUT2D eigenvalue weighted by Crippen LogP contribution is -2.33. The van der Waals surface area contributed by atoms with Gasteiger partial charge in [0.2, 0.25) is 0 Å². The van der Waals surface area contributed by atoms with E-state index in [2.05, 4.69) is 54.3 Å². The number of nitrogens with zero attached hydrogens (tertiary/aromatic N) is 1. The SMILES string of the molecule is CC1c2cc(Cl)ccc2CCN1c1ccccc1. The predicted octanol–water partition coefficient (Wildman–Crippen LogP) is 4.46. The summed E-state index contributed by atoms with van der Waals surface area (Å²) in [5, 5.41) is 0.829. The van der Waals surface area contributed by atoms with Crippen LogP contribution in [0.2, 0.25) is 5.02 Å². The smallest absolute Gasteiger partial charge is 0.0517 e. The molecule has 92 valence electrons. The molecule has 0 saturated carbocycles. The standard InChI is InChI=1S/C16H16ClN/c1-12-16-11-14(17)8-7-13(16)9-10-18(12)15-5-3-2-4-6-15/h2-8,11-12H,9-10H2,1H3. The molecule has 0 saturated heterocycles. The molecule has 1 atom stereocenters. The van der Waals surface area contributed by atoms with Gasteiger partial charge in [0.1, 0.15) is 0 Å². The van der Waals surface area contributed by atoms with Crippen molar-refractivity contribution in [2.24, 2.45) is 0 Å². The maximum absolute atomic E-state index is 6.12. The minimum absolute atomic E-state index is 0.384. The Bertz CT molecular complexity index is 550. The van der Waals surface area contributed by atoms with Crippen molar-refractivity contribution in [1.29, 1.82) is 0 Å². The van der Waals surface area contributed by atoms with Crippen molar-refractivity contribution >= 4 is 17.3 Å². The van der Waals surface area contributed by atoms with E-state index in [4.69, 9.17) is 11.6 Å². The molecule has 18 heavy (non-hydrogen) atoms. The Labute approximate surface area is 113 Å². The first-order valence-corrected chi connectivity index (χ1v) is 6.73. The lowest BCUT2D eigenvalue weighted by Gasteiger charge is -2.37. The van der Waals surface area contributed by atoms with Crippen molar-refractivity contribution in [3.8, 4) is 0 Å². The number of fused-ring (bicyclic) bond motifs is 1. The van der Waals surface area contributed by atoms with Gasteiger partial charge in [-0.3, -0.25) is 0 Å². The van der Waals surface area contributed by atoms with Crippen molar-refractivity contribution < 1.29 is 0 Å². The van der Waals surface area contributed by atoms with Gasteiger partial charge in [0.05, 0.1) is 6.04 Å². The van der Waals surface area contributed by atoms with Gasteiger partial charge in [-0.2, -0.15) is 0 Å². The molecule has 2 heteroatoms. The van der Waals surface area contributed by atoms with Crippen LogP contribution in [0.3, 0.4) is 0 Å². The van der Waals surface area contributed by atoms with Crippen molar-refractivity contribution in [2.75, 3.05) is 11.4 Å². The molecule has 0 amide bonds. The van der Waals surface area contributed by atoms with Crippen molar-refractivity contribution in [2.45, 2.75) is 19.4 Å². The van der Waals surface area contributed by atoms with Gasteiger partial charge in [0.15, 0.2) is 0 Å². The third kappa shape index (κ3) is 1.99. The number of halogens is 1. The molecule has 0 aliphatic carbocycles. The normalized spacial score (nSPS) is 18.6. The zero-order valence-electron chi connectivity index (χ0n) is 10.4. The first-order valence-electron chi connectivity index (χ1n) is 6.36. The maximum Gasteiger partial charge on any atom is 0.0517 e. The van der Waals surface area contributed by atoms with E-state index in [1.54, 1.807) is 0 Å². The molecular weight excluding hydrogens is 242 g/mol. The molecular formula is C16H16ClN. The van der Waals surface area contributed by atoms with Crippen LogP contribution in [0.5, 0.6) is 0 Å². The molecule has 1 heterocycles. The molecule has 0 spiro atoms. The van der Waals surface area contributed by atoms with E-state index in [0.717, 1.165) is 18.0 Å². The Morgan fingerprint density at radius 1 is 1.11 bits per heavy atom. The van der Waals surface area contributed by atoms with E-state index in [-0.39, 0.29) is 0 Å². The van der Waals surface area contributed by atoms with Crippen LogP contribution in [0.15, 0.2) is 48.5 Å². The molecule has 1 aliphatic heterocycles. The van der Waals surface area contributed by atoms with Crippen molar-refractivity contribution in [3.05, 3.63) is 64.7 Å². The molecule has 0 bridgehead atoms. The first kappa shape index (κ1) is 11.6. The Morgan fingerprint density at radius 2 is 1.89 bits per heavy atom. The van der Waals surface area contributed by atoms with E-state index in [1.807, 2.05) is 6.07 Å². The quantitative estimate of drug-likeness (QED) is 0.729. The zero-order chi connectivity index (χ0) is 12.5. The lowest BCUT2D eigenvalue weighted by atomic mass is 9.93. The minimum atomic E-state index is 0.384. The second-order valence-electron chi connectivity index (χ2n) is 4.80. The molecule has 1 aliphatic rings. The fourth-order valence-electron chi connectivity index (χ4n) is 2.76. The highest BCUT2D eigenvalue weighted by atomic mass is 35.5. The number of para-hydroxylation sites is 1. The first-order chi connectivity index (χ1) is 8.75. The topological polar surface area (TPSA) is 3.24 Å². The van der Waals surface area contributed by atoms with E-state index in [0.29, 0.717) is 6.04 Å². The van der Waals surface area contributed by atoms with Crippen LogP contribution in [0.1, 0.15) is 24.1 Å². The van der Waals surface area contributed by atoms with Gasteiger partial charge in [0.25, 0.3) is 0 Å². The molecule has 3 rings (SSSR count). The number of anilines is 1. The highest BCUT2D eigenvalue weighted by Gasteiger charge is 2.23. The second-order valence-corrected chi connectivity index (χ2v) is 5.23. The number of hydrogen-bond donors (Lipinski definition) is 0. The summed E-state index contributed by atoms with van der Waals surface area (Å²) in [5.74, 6) is 0. The average molecular weight is 258 g/mol. The van der Waals surface area contributed by atoms with E-state index in [1.165, 1.54) is 16.8 Å². The monoisotopic (exact) mass is 257 g/mol. The maximum atomic E-state index is 6.12. The van der Waals surface area contributed by atoms with Crippen LogP contribution in [0.4, 0.5) is 5.69 Å². The van der Waals surface area contributed by atoms with Gasteiger partial charge >= 0.3 is 0 Å². The molecule has 2 aromatic carbocycles. The van der Waals surface area contributed by atoms with Gasteiger partial charge in [-0.1, -0.05) is 35.9 Å². The van der Waals surface area contributed by atoms with Gasteiger partial charge < -0.3 is 4.90 Å².